The molecule has 0 saturated heterocycles. The number of hydrogen-bond donors (Lipinski definition) is 1. The maximum absolute atomic E-state index is 11.9. The second kappa shape index (κ2) is 5.63. The predicted octanol–water partition coefficient (Wildman–Crippen LogP) is 2.75. The lowest BCUT2D eigenvalue weighted by molar-refractivity contribution is -0.384. The van der Waals surface area contributed by atoms with Gasteiger partial charge in [-0.3, -0.25) is 14.9 Å². The van der Waals surface area contributed by atoms with Gasteiger partial charge < -0.3 is 0 Å². The van der Waals surface area contributed by atoms with Crippen molar-refractivity contribution in [3.05, 3.63) is 39.9 Å². The highest BCUT2D eigenvalue weighted by atomic mass is 16.6. The van der Waals surface area contributed by atoms with Crippen LogP contribution in [0, 0.1) is 27.9 Å². The van der Waals surface area contributed by atoms with Gasteiger partial charge in [-0.15, -0.1) is 0 Å². The average molecular weight is 287 g/mol. The number of fused-ring (bicyclic) bond motifs is 2. The Bertz CT molecular complexity index is 582. The third-order valence-corrected chi connectivity index (χ3v) is 4.57. The number of nitrogens with zero attached hydrogens (tertiary/aromatic N) is 2. The van der Waals surface area contributed by atoms with Crippen molar-refractivity contribution in [1.29, 1.82) is 0 Å². The number of hydrogen-bond acceptors (Lipinski definition) is 4. The lowest BCUT2D eigenvalue weighted by Gasteiger charge is -2.16. The van der Waals surface area contributed by atoms with Crippen molar-refractivity contribution in [2.24, 2.45) is 22.9 Å². The molecule has 2 aliphatic rings. The molecule has 1 aromatic carbocycles. The summed E-state index contributed by atoms with van der Waals surface area (Å²) in [5, 5.41) is 14.6. The van der Waals surface area contributed by atoms with E-state index in [0.29, 0.717) is 11.5 Å². The Labute approximate surface area is 122 Å². The second-order valence-electron chi connectivity index (χ2n) is 5.86. The number of rotatable bonds is 4. The van der Waals surface area contributed by atoms with E-state index < -0.39 is 4.92 Å². The van der Waals surface area contributed by atoms with Gasteiger partial charge in [-0.25, -0.2) is 5.43 Å². The van der Waals surface area contributed by atoms with Crippen LogP contribution in [-0.2, 0) is 0 Å². The fourth-order valence-electron chi connectivity index (χ4n) is 3.47. The number of nitrogens with one attached hydrogen (secondary N) is 1. The number of carbonyl (C=O) groups is 1. The van der Waals surface area contributed by atoms with Crippen molar-refractivity contribution in [2.75, 3.05) is 0 Å². The first kappa shape index (κ1) is 13.7. The van der Waals surface area contributed by atoms with Gasteiger partial charge >= 0.3 is 0 Å². The molecule has 0 aliphatic heterocycles. The Hall–Kier alpha value is -2.24. The maximum atomic E-state index is 11.9. The normalized spacial score (nSPS) is 27.1. The number of hydrazone groups is 1. The van der Waals surface area contributed by atoms with Crippen LogP contribution >= 0.6 is 0 Å². The minimum absolute atomic E-state index is 0.0305. The summed E-state index contributed by atoms with van der Waals surface area (Å²) >= 11 is 0. The molecule has 1 amide bonds. The van der Waals surface area contributed by atoms with Crippen LogP contribution in [0.1, 0.15) is 36.0 Å². The van der Waals surface area contributed by atoms with Crippen LogP contribution in [0.4, 0.5) is 5.69 Å². The van der Waals surface area contributed by atoms with E-state index in [1.54, 1.807) is 0 Å². The molecule has 0 heterocycles. The third kappa shape index (κ3) is 2.94. The van der Waals surface area contributed by atoms with Crippen molar-refractivity contribution in [3.8, 4) is 0 Å². The highest BCUT2D eigenvalue weighted by Crippen LogP contribution is 2.47. The van der Waals surface area contributed by atoms with Crippen LogP contribution in [-0.4, -0.2) is 17.0 Å². The topological polar surface area (TPSA) is 84.6 Å². The molecule has 2 aliphatic carbocycles. The maximum Gasteiger partial charge on any atom is 0.271 e. The zero-order valence-corrected chi connectivity index (χ0v) is 11.6. The van der Waals surface area contributed by atoms with E-state index in [-0.39, 0.29) is 11.6 Å². The fourth-order valence-corrected chi connectivity index (χ4v) is 3.47. The van der Waals surface area contributed by atoms with Gasteiger partial charge in [-0.1, -0.05) is 6.42 Å². The van der Waals surface area contributed by atoms with Crippen LogP contribution in [0.2, 0.25) is 0 Å². The molecule has 0 spiro atoms. The minimum atomic E-state index is -0.491. The SMILES string of the molecule is O=C(N/N=C\[C@H]1C[C@@H]2CC[C@H]1C2)c1ccc([N+](=O)[O-])cc1. The zero-order chi connectivity index (χ0) is 14.8. The number of carbonyl (C=O) groups excluding carboxylic acids is 1. The van der Waals surface area contributed by atoms with Gasteiger partial charge in [0, 0.05) is 23.9 Å². The summed E-state index contributed by atoms with van der Waals surface area (Å²) in [6.07, 6.45) is 6.95. The van der Waals surface area contributed by atoms with E-state index >= 15 is 0 Å². The largest absolute Gasteiger partial charge is 0.271 e. The number of nitro benzene ring substituents is 1. The molecule has 110 valence electrons. The van der Waals surface area contributed by atoms with Gasteiger partial charge in [0.15, 0.2) is 0 Å². The summed E-state index contributed by atoms with van der Waals surface area (Å²) in [6, 6.07) is 5.49. The molecule has 0 unspecified atom stereocenters. The predicted molar refractivity (Wildman–Crippen MR) is 78.0 cm³/mol. The Kier molecular flexibility index (Phi) is 3.68. The highest BCUT2D eigenvalue weighted by Gasteiger charge is 2.38. The van der Waals surface area contributed by atoms with E-state index in [1.807, 2.05) is 6.21 Å². The summed E-state index contributed by atoms with van der Waals surface area (Å²) in [6.45, 7) is 0. The molecule has 1 aromatic rings. The molecule has 0 aromatic heterocycles. The van der Waals surface area contributed by atoms with Crippen molar-refractivity contribution >= 4 is 17.8 Å². The fraction of sp³-hybridized carbons (Fsp3) is 0.467. The molecule has 6 nitrogen and oxygen atoms in total. The number of nitro groups is 1. The van der Waals surface area contributed by atoms with Crippen molar-refractivity contribution in [1.82, 2.24) is 5.43 Å². The summed E-state index contributed by atoms with van der Waals surface area (Å²) < 4.78 is 0. The molecular weight excluding hydrogens is 270 g/mol. The lowest BCUT2D eigenvalue weighted by atomic mass is 9.90. The van der Waals surface area contributed by atoms with Gasteiger partial charge in [0.05, 0.1) is 4.92 Å². The van der Waals surface area contributed by atoms with Crippen LogP contribution in [0.25, 0.3) is 0 Å². The van der Waals surface area contributed by atoms with E-state index in [4.69, 9.17) is 0 Å². The molecule has 2 bridgehead atoms. The van der Waals surface area contributed by atoms with Gasteiger partial charge in [-0.05, 0) is 49.1 Å². The van der Waals surface area contributed by atoms with E-state index in [0.717, 1.165) is 11.8 Å². The molecule has 6 heteroatoms. The molecule has 2 saturated carbocycles. The number of benzene rings is 1. The summed E-state index contributed by atoms with van der Waals surface area (Å²) in [4.78, 5) is 21.9. The van der Waals surface area contributed by atoms with Crippen LogP contribution < -0.4 is 5.43 Å². The third-order valence-electron chi connectivity index (χ3n) is 4.57. The van der Waals surface area contributed by atoms with E-state index in [1.165, 1.54) is 49.9 Å². The van der Waals surface area contributed by atoms with Crippen LogP contribution in [0.3, 0.4) is 0 Å². The molecular formula is C15H17N3O3. The quantitative estimate of drug-likeness (QED) is 0.525. The molecule has 2 fully saturated rings. The second-order valence-corrected chi connectivity index (χ2v) is 5.86. The van der Waals surface area contributed by atoms with Crippen molar-refractivity contribution in [2.45, 2.75) is 25.7 Å². The first-order chi connectivity index (χ1) is 10.1. The first-order valence-electron chi connectivity index (χ1n) is 7.21. The molecule has 21 heavy (non-hydrogen) atoms. The summed E-state index contributed by atoms with van der Waals surface area (Å²) in [7, 11) is 0. The molecule has 1 N–H and O–H groups in total. The Morgan fingerprint density at radius 3 is 2.62 bits per heavy atom. The highest BCUT2D eigenvalue weighted by molar-refractivity contribution is 5.94. The first-order valence-corrected chi connectivity index (χ1v) is 7.21. The smallest absolute Gasteiger partial charge is 0.267 e. The Morgan fingerprint density at radius 1 is 1.29 bits per heavy atom. The van der Waals surface area contributed by atoms with Gasteiger partial charge in [0.1, 0.15) is 0 Å². The summed E-state index contributed by atoms with van der Waals surface area (Å²) in [5.41, 5.74) is 2.83. The summed E-state index contributed by atoms with van der Waals surface area (Å²) in [5.74, 6) is 1.72. The van der Waals surface area contributed by atoms with E-state index in [2.05, 4.69) is 10.5 Å². The zero-order valence-electron chi connectivity index (χ0n) is 11.6. The monoisotopic (exact) mass is 287 g/mol. The van der Waals surface area contributed by atoms with Crippen LogP contribution in [0.5, 0.6) is 0 Å². The molecule has 0 radical (unpaired) electrons. The minimum Gasteiger partial charge on any atom is -0.267 e. The van der Waals surface area contributed by atoms with Gasteiger partial charge in [0.2, 0.25) is 0 Å². The van der Waals surface area contributed by atoms with E-state index in [9.17, 15) is 14.9 Å². The Balaban J connectivity index is 1.55. The number of amides is 1. The van der Waals surface area contributed by atoms with Gasteiger partial charge in [0.25, 0.3) is 11.6 Å². The standard InChI is InChI=1S/C15H17N3O3/c19-15(11-3-5-14(6-4-11)18(20)21)17-16-9-13-8-10-1-2-12(13)7-10/h3-6,9-10,12-13H,1-2,7-8H2,(H,17,19)/b16-9-/t10-,12+,13-/m1/s1. The average Bonchev–Trinajstić information content (AvgIpc) is 3.10. The van der Waals surface area contributed by atoms with Crippen molar-refractivity contribution < 1.29 is 9.72 Å². The number of non-ortho nitro benzene ring substituents is 1. The molecule has 3 atom stereocenters. The molecule has 3 rings (SSSR count). The van der Waals surface area contributed by atoms with Gasteiger partial charge in [-0.2, -0.15) is 5.10 Å². The lowest BCUT2D eigenvalue weighted by Crippen LogP contribution is -2.20. The van der Waals surface area contributed by atoms with Crippen LogP contribution in [0.15, 0.2) is 29.4 Å². The van der Waals surface area contributed by atoms with Crippen molar-refractivity contribution in [3.63, 3.8) is 0 Å². The Morgan fingerprint density at radius 2 is 2.05 bits per heavy atom.